The fourth-order valence-electron chi connectivity index (χ4n) is 2.41. The summed E-state index contributed by atoms with van der Waals surface area (Å²) in [6, 6.07) is 8.12. The zero-order valence-electron chi connectivity index (χ0n) is 12.5. The third kappa shape index (κ3) is 2.85. The summed E-state index contributed by atoms with van der Waals surface area (Å²) in [7, 11) is 1.70. The lowest BCUT2D eigenvalue weighted by Gasteiger charge is -2.09. The van der Waals surface area contributed by atoms with E-state index in [0.717, 1.165) is 47.8 Å². The van der Waals surface area contributed by atoms with Gasteiger partial charge in [-0.15, -0.1) is 0 Å². The van der Waals surface area contributed by atoms with E-state index in [4.69, 9.17) is 10.5 Å². The fraction of sp³-hybridized carbons (Fsp3) is 0.438. The quantitative estimate of drug-likeness (QED) is 0.877. The van der Waals surface area contributed by atoms with Gasteiger partial charge in [0.2, 0.25) is 0 Å². The number of nitrogen functional groups attached to an aromatic ring is 1. The molecular weight excluding hydrogens is 250 g/mol. The Morgan fingerprint density at radius 2 is 2.05 bits per heavy atom. The number of anilines is 1. The molecule has 0 saturated heterocycles. The maximum absolute atomic E-state index is 6.30. The van der Waals surface area contributed by atoms with Crippen molar-refractivity contribution in [3.8, 4) is 11.3 Å². The van der Waals surface area contributed by atoms with Crippen molar-refractivity contribution < 1.29 is 4.74 Å². The van der Waals surface area contributed by atoms with Crippen LogP contribution in [0.3, 0.4) is 0 Å². The summed E-state index contributed by atoms with van der Waals surface area (Å²) >= 11 is 0. The number of ether oxygens (including phenoxy) is 1. The van der Waals surface area contributed by atoms with Gasteiger partial charge in [-0.05, 0) is 18.9 Å². The van der Waals surface area contributed by atoms with E-state index < -0.39 is 0 Å². The normalized spacial score (nSPS) is 10.9. The molecule has 0 aliphatic rings. The summed E-state index contributed by atoms with van der Waals surface area (Å²) in [5.41, 5.74) is 9.34. The number of benzene rings is 1. The number of imidazole rings is 1. The Balaban J connectivity index is 2.43. The lowest BCUT2D eigenvalue weighted by Crippen LogP contribution is -2.05. The number of hydrogen-bond donors (Lipinski definition) is 1. The maximum Gasteiger partial charge on any atom is 0.131 e. The van der Waals surface area contributed by atoms with Gasteiger partial charge in [-0.2, -0.15) is 0 Å². The highest BCUT2D eigenvalue weighted by molar-refractivity contribution is 5.73. The number of nitrogens with two attached hydrogens (primary N) is 1. The number of aryl methyl sites for hydroxylation is 1. The second kappa shape index (κ2) is 6.57. The monoisotopic (exact) mass is 273 g/mol. The van der Waals surface area contributed by atoms with Crippen LogP contribution < -0.4 is 5.73 Å². The Bertz CT molecular complexity index is 575. The predicted molar refractivity (Wildman–Crippen MR) is 82.4 cm³/mol. The molecule has 0 bridgehead atoms. The summed E-state index contributed by atoms with van der Waals surface area (Å²) in [5.74, 6) is 1.72. The van der Waals surface area contributed by atoms with Crippen molar-refractivity contribution in [3.63, 3.8) is 0 Å². The Hall–Kier alpha value is -1.81. The van der Waals surface area contributed by atoms with Gasteiger partial charge in [0.1, 0.15) is 17.3 Å². The van der Waals surface area contributed by atoms with Crippen LogP contribution >= 0.6 is 0 Å². The van der Waals surface area contributed by atoms with Crippen LogP contribution in [-0.4, -0.2) is 16.7 Å². The largest absolute Gasteiger partial charge is 0.383 e. The summed E-state index contributed by atoms with van der Waals surface area (Å²) in [5, 5.41) is 0. The molecule has 20 heavy (non-hydrogen) atoms. The minimum Gasteiger partial charge on any atom is -0.383 e. The van der Waals surface area contributed by atoms with Crippen LogP contribution in [0.1, 0.15) is 31.2 Å². The van der Waals surface area contributed by atoms with Gasteiger partial charge in [-0.25, -0.2) is 4.98 Å². The molecule has 0 fully saturated rings. The minimum absolute atomic E-state index is 0.566. The van der Waals surface area contributed by atoms with Crippen molar-refractivity contribution in [2.75, 3.05) is 12.8 Å². The SMILES string of the molecule is CCCCn1c(C)nc(-c2ccccc2COC)c1N. The number of aromatic nitrogens is 2. The van der Waals surface area contributed by atoms with Crippen molar-refractivity contribution in [2.24, 2.45) is 0 Å². The van der Waals surface area contributed by atoms with Crippen LogP contribution in [0.5, 0.6) is 0 Å². The van der Waals surface area contributed by atoms with Gasteiger partial charge in [0, 0.05) is 19.2 Å². The van der Waals surface area contributed by atoms with E-state index in [1.54, 1.807) is 7.11 Å². The molecule has 4 heteroatoms. The van der Waals surface area contributed by atoms with Gasteiger partial charge in [-0.1, -0.05) is 37.6 Å². The van der Waals surface area contributed by atoms with Crippen molar-refractivity contribution in [3.05, 3.63) is 35.7 Å². The van der Waals surface area contributed by atoms with E-state index >= 15 is 0 Å². The third-order valence-corrected chi connectivity index (χ3v) is 3.51. The average molecular weight is 273 g/mol. The molecule has 0 spiro atoms. The van der Waals surface area contributed by atoms with Crippen molar-refractivity contribution in [1.29, 1.82) is 0 Å². The number of nitrogens with zero attached hydrogens (tertiary/aromatic N) is 2. The van der Waals surface area contributed by atoms with Gasteiger partial charge < -0.3 is 15.0 Å². The van der Waals surface area contributed by atoms with E-state index in [1.807, 2.05) is 19.1 Å². The van der Waals surface area contributed by atoms with Gasteiger partial charge in [0.15, 0.2) is 0 Å². The molecule has 108 valence electrons. The van der Waals surface area contributed by atoms with Gasteiger partial charge in [0.25, 0.3) is 0 Å². The van der Waals surface area contributed by atoms with Crippen LogP contribution in [-0.2, 0) is 17.9 Å². The Labute approximate surface area is 120 Å². The van der Waals surface area contributed by atoms with Gasteiger partial charge in [0.05, 0.1) is 6.61 Å². The lowest BCUT2D eigenvalue weighted by atomic mass is 10.1. The maximum atomic E-state index is 6.30. The highest BCUT2D eigenvalue weighted by Gasteiger charge is 2.15. The molecule has 4 nitrogen and oxygen atoms in total. The molecule has 0 aliphatic carbocycles. The van der Waals surface area contributed by atoms with E-state index in [2.05, 4.69) is 28.6 Å². The van der Waals surface area contributed by atoms with Crippen LogP contribution in [0, 0.1) is 6.92 Å². The van der Waals surface area contributed by atoms with Crippen LogP contribution in [0.4, 0.5) is 5.82 Å². The van der Waals surface area contributed by atoms with Gasteiger partial charge >= 0.3 is 0 Å². The molecule has 1 heterocycles. The van der Waals surface area contributed by atoms with E-state index in [1.165, 1.54) is 0 Å². The zero-order valence-corrected chi connectivity index (χ0v) is 12.5. The second-order valence-electron chi connectivity index (χ2n) is 4.99. The molecule has 0 unspecified atom stereocenters. The molecular formula is C16H23N3O. The number of hydrogen-bond acceptors (Lipinski definition) is 3. The van der Waals surface area contributed by atoms with Crippen molar-refractivity contribution >= 4 is 5.82 Å². The molecule has 2 rings (SSSR count). The van der Waals surface area contributed by atoms with Crippen LogP contribution in [0.2, 0.25) is 0 Å². The first-order valence-electron chi connectivity index (χ1n) is 7.08. The lowest BCUT2D eigenvalue weighted by molar-refractivity contribution is 0.185. The number of rotatable bonds is 6. The molecule has 1 aromatic heterocycles. The van der Waals surface area contributed by atoms with Crippen LogP contribution in [0.15, 0.2) is 24.3 Å². The second-order valence-corrected chi connectivity index (χ2v) is 4.99. The topological polar surface area (TPSA) is 53.1 Å². The first-order chi connectivity index (χ1) is 9.69. The molecule has 0 amide bonds. The summed E-state index contributed by atoms with van der Waals surface area (Å²) < 4.78 is 7.36. The Morgan fingerprint density at radius 3 is 2.75 bits per heavy atom. The highest BCUT2D eigenvalue weighted by atomic mass is 16.5. The molecule has 0 radical (unpaired) electrons. The smallest absolute Gasteiger partial charge is 0.131 e. The summed E-state index contributed by atoms with van der Waals surface area (Å²) in [4.78, 5) is 4.66. The van der Waals surface area contributed by atoms with Crippen LogP contribution in [0.25, 0.3) is 11.3 Å². The van der Waals surface area contributed by atoms with E-state index in [9.17, 15) is 0 Å². The summed E-state index contributed by atoms with van der Waals surface area (Å²) in [6.45, 7) is 5.68. The Kier molecular flexibility index (Phi) is 4.79. The molecule has 0 atom stereocenters. The molecule has 2 N–H and O–H groups in total. The third-order valence-electron chi connectivity index (χ3n) is 3.51. The number of unbranched alkanes of at least 4 members (excludes halogenated alkanes) is 1. The molecule has 0 saturated carbocycles. The molecule has 2 aromatic rings. The number of methoxy groups -OCH3 is 1. The van der Waals surface area contributed by atoms with Crippen molar-refractivity contribution in [1.82, 2.24) is 9.55 Å². The standard InChI is InChI=1S/C16H23N3O/c1-4-5-10-19-12(2)18-15(16(19)17)14-9-7-6-8-13(14)11-20-3/h6-9H,4-5,10-11,17H2,1-3H3. The van der Waals surface area contributed by atoms with Crippen molar-refractivity contribution in [2.45, 2.75) is 39.8 Å². The van der Waals surface area contributed by atoms with E-state index in [-0.39, 0.29) is 0 Å². The highest BCUT2D eigenvalue weighted by Crippen LogP contribution is 2.29. The fourth-order valence-corrected chi connectivity index (χ4v) is 2.41. The molecule has 1 aromatic carbocycles. The zero-order chi connectivity index (χ0) is 14.5. The van der Waals surface area contributed by atoms with E-state index in [0.29, 0.717) is 6.61 Å². The first kappa shape index (κ1) is 14.6. The van der Waals surface area contributed by atoms with Gasteiger partial charge in [-0.3, -0.25) is 0 Å². The first-order valence-corrected chi connectivity index (χ1v) is 7.08. The average Bonchev–Trinajstić information content (AvgIpc) is 2.73. The Morgan fingerprint density at radius 1 is 1.30 bits per heavy atom. The predicted octanol–water partition coefficient (Wildman–Crippen LogP) is 3.39. The minimum atomic E-state index is 0.566. The molecule has 0 aliphatic heterocycles. The summed E-state index contributed by atoms with van der Waals surface area (Å²) in [6.07, 6.45) is 2.26.